The van der Waals surface area contributed by atoms with Crippen molar-refractivity contribution in [3.05, 3.63) is 18.0 Å². The highest BCUT2D eigenvalue weighted by atomic mass is 32.2. The molecule has 0 atom stereocenters. The SMILES string of the molecule is Cc1noc(Cn2cnnc2SCC(=O)O)n1. The standard InChI is InChI=1S/C8H9N5O3S/c1-5-10-6(16-12-5)2-13-4-9-11-8(13)17-3-7(14)15/h4H,2-3H2,1H3,(H,14,15). The summed E-state index contributed by atoms with van der Waals surface area (Å²) >= 11 is 1.09. The van der Waals surface area contributed by atoms with Crippen molar-refractivity contribution in [2.24, 2.45) is 0 Å². The lowest BCUT2D eigenvalue weighted by Gasteiger charge is -2.00. The monoisotopic (exact) mass is 255 g/mol. The van der Waals surface area contributed by atoms with Gasteiger partial charge in [0.1, 0.15) is 12.9 Å². The van der Waals surface area contributed by atoms with Crippen LogP contribution in [0.1, 0.15) is 11.7 Å². The zero-order valence-electron chi connectivity index (χ0n) is 8.90. The first-order valence-electron chi connectivity index (χ1n) is 4.66. The lowest BCUT2D eigenvalue weighted by molar-refractivity contribution is -0.133. The van der Waals surface area contributed by atoms with Crippen LogP contribution in [0.15, 0.2) is 16.0 Å². The number of hydrogen-bond acceptors (Lipinski definition) is 7. The third-order valence-electron chi connectivity index (χ3n) is 1.78. The lowest BCUT2D eigenvalue weighted by Crippen LogP contribution is -2.04. The summed E-state index contributed by atoms with van der Waals surface area (Å²) in [6.45, 7) is 2.05. The Hall–Kier alpha value is -1.90. The smallest absolute Gasteiger partial charge is 0.313 e. The third kappa shape index (κ3) is 3.03. The normalized spacial score (nSPS) is 10.6. The van der Waals surface area contributed by atoms with Crippen molar-refractivity contribution in [1.82, 2.24) is 24.9 Å². The van der Waals surface area contributed by atoms with Gasteiger partial charge in [-0.1, -0.05) is 16.9 Å². The second kappa shape index (κ2) is 4.95. The van der Waals surface area contributed by atoms with Gasteiger partial charge in [0.25, 0.3) is 0 Å². The topological polar surface area (TPSA) is 107 Å². The molecule has 0 aliphatic carbocycles. The van der Waals surface area contributed by atoms with E-state index in [1.165, 1.54) is 6.33 Å². The molecule has 0 radical (unpaired) electrons. The number of rotatable bonds is 5. The van der Waals surface area contributed by atoms with Crippen molar-refractivity contribution < 1.29 is 14.4 Å². The van der Waals surface area contributed by atoms with Crippen LogP contribution in [0.2, 0.25) is 0 Å². The fraction of sp³-hybridized carbons (Fsp3) is 0.375. The summed E-state index contributed by atoms with van der Waals surface area (Å²) in [6.07, 6.45) is 1.49. The van der Waals surface area contributed by atoms with E-state index in [1.54, 1.807) is 11.5 Å². The fourth-order valence-corrected chi connectivity index (χ4v) is 1.78. The van der Waals surface area contributed by atoms with Crippen LogP contribution in [-0.4, -0.2) is 41.7 Å². The summed E-state index contributed by atoms with van der Waals surface area (Å²) in [4.78, 5) is 14.5. The highest BCUT2D eigenvalue weighted by molar-refractivity contribution is 7.99. The third-order valence-corrected chi connectivity index (χ3v) is 2.75. The number of carboxylic acid groups (broad SMARTS) is 1. The number of nitrogens with zero attached hydrogens (tertiary/aromatic N) is 5. The van der Waals surface area contributed by atoms with E-state index in [2.05, 4.69) is 20.3 Å². The Labute approximate surface area is 100 Å². The molecule has 1 N–H and O–H groups in total. The van der Waals surface area contributed by atoms with E-state index in [4.69, 9.17) is 9.63 Å². The molecule has 2 aromatic heterocycles. The minimum atomic E-state index is -0.904. The van der Waals surface area contributed by atoms with Crippen LogP contribution >= 0.6 is 11.8 Å². The summed E-state index contributed by atoms with van der Waals surface area (Å²) in [5.74, 6) is 0.00661. The van der Waals surface area contributed by atoms with E-state index < -0.39 is 5.97 Å². The maximum absolute atomic E-state index is 10.4. The van der Waals surface area contributed by atoms with Crippen molar-refractivity contribution in [2.45, 2.75) is 18.6 Å². The first-order chi connectivity index (χ1) is 8.15. The van der Waals surface area contributed by atoms with Gasteiger partial charge in [-0.2, -0.15) is 4.98 Å². The summed E-state index contributed by atoms with van der Waals surface area (Å²) < 4.78 is 6.61. The summed E-state index contributed by atoms with van der Waals surface area (Å²) in [5, 5.41) is 20.3. The van der Waals surface area contributed by atoms with Crippen molar-refractivity contribution in [3.63, 3.8) is 0 Å². The van der Waals surface area contributed by atoms with E-state index >= 15 is 0 Å². The predicted octanol–water partition coefficient (Wildman–Crippen LogP) is 0.195. The largest absolute Gasteiger partial charge is 0.481 e. The van der Waals surface area contributed by atoms with E-state index in [9.17, 15) is 4.79 Å². The molecule has 8 nitrogen and oxygen atoms in total. The van der Waals surface area contributed by atoms with Crippen LogP contribution in [0, 0.1) is 6.92 Å². The Morgan fingerprint density at radius 1 is 1.65 bits per heavy atom. The molecule has 2 rings (SSSR count). The number of thioether (sulfide) groups is 1. The van der Waals surface area contributed by atoms with Crippen molar-refractivity contribution in [3.8, 4) is 0 Å². The molecule has 0 unspecified atom stereocenters. The number of carbonyl (C=O) groups is 1. The van der Waals surface area contributed by atoms with Crippen molar-refractivity contribution >= 4 is 17.7 Å². The van der Waals surface area contributed by atoms with Gasteiger partial charge in [-0.25, -0.2) is 0 Å². The van der Waals surface area contributed by atoms with Crippen molar-refractivity contribution in [1.29, 1.82) is 0 Å². The molecule has 0 saturated heterocycles. The van der Waals surface area contributed by atoms with Crippen molar-refractivity contribution in [2.75, 3.05) is 5.75 Å². The van der Waals surface area contributed by atoms with Gasteiger partial charge in [0.05, 0.1) is 5.75 Å². The van der Waals surface area contributed by atoms with Gasteiger partial charge in [-0.3, -0.25) is 9.36 Å². The van der Waals surface area contributed by atoms with Gasteiger partial charge < -0.3 is 9.63 Å². The zero-order valence-corrected chi connectivity index (χ0v) is 9.72. The number of aromatic nitrogens is 5. The molecule has 90 valence electrons. The van der Waals surface area contributed by atoms with Gasteiger partial charge in [0.15, 0.2) is 11.0 Å². The molecule has 0 bridgehead atoms. The zero-order chi connectivity index (χ0) is 12.3. The van der Waals surface area contributed by atoms with Gasteiger partial charge in [-0.15, -0.1) is 10.2 Å². The summed E-state index contributed by atoms with van der Waals surface area (Å²) in [6, 6.07) is 0. The first kappa shape index (κ1) is 11.6. The van der Waals surface area contributed by atoms with Gasteiger partial charge in [-0.05, 0) is 6.92 Å². The molecule has 0 saturated carbocycles. The summed E-state index contributed by atoms with van der Waals surface area (Å²) in [5.41, 5.74) is 0. The number of aryl methyl sites for hydroxylation is 1. The average Bonchev–Trinajstić information content (AvgIpc) is 2.86. The Balaban J connectivity index is 2.06. The molecule has 17 heavy (non-hydrogen) atoms. The van der Waals surface area contributed by atoms with Crippen LogP contribution in [-0.2, 0) is 11.3 Å². The van der Waals surface area contributed by atoms with E-state index in [1.807, 2.05) is 0 Å². The number of aliphatic carboxylic acids is 1. The van der Waals surface area contributed by atoms with Crippen LogP contribution in [0.25, 0.3) is 0 Å². The molecule has 0 spiro atoms. The first-order valence-corrected chi connectivity index (χ1v) is 5.65. The van der Waals surface area contributed by atoms with Crippen LogP contribution in [0.4, 0.5) is 0 Å². The molecule has 0 aliphatic rings. The van der Waals surface area contributed by atoms with E-state index in [-0.39, 0.29) is 5.75 Å². The fourth-order valence-electron chi connectivity index (χ4n) is 1.14. The molecule has 0 aliphatic heterocycles. The molecule has 0 aromatic carbocycles. The molecule has 2 heterocycles. The Morgan fingerprint density at radius 2 is 2.47 bits per heavy atom. The maximum atomic E-state index is 10.4. The van der Waals surface area contributed by atoms with Gasteiger partial charge >= 0.3 is 5.97 Å². The minimum Gasteiger partial charge on any atom is -0.481 e. The molecule has 2 aromatic rings. The average molecular weight is 255 g/mol. The van der Waals surface area contributed by atoms with Gasteiger partial charge in [0.2, 0.25) is 5.89 Å². The second-order valence-corrected chi connectivity index (χ2v) is 4.10. The molecular formula is C8H9N5O3S. The lowest BCUT2D eigenvalue weighted by atomic mass is 10.6. The van der Waals surface area contributed by atoms with Gasteiger partial charge in [0, 0.05) is 0 Å². The molecular weight excluding hydrogens is 246 g/mol. The minimum absolute atomic E-state index is 0.0679. The second-order valence-electron chi connectivity index (χ2n) is 3.16. The maximum Gasteiger partial charge on any atom is 0.313 e. The van der Waals surface area contributed by atoms with Crippen LogP contribution < -0.4 is 0 Å². The van der Waals surface area contributed by atoms with E-state index in [0.717, 1.165) is 11.8 Å². The molecule has 0 amide bonds. The highest BCUT2D eigenvalue weighted by Gasteiger charge is 2.10. The Kier molecular flexibility index (Phi) is 3.38. The van der Waals surface area contributed by atoms with Crippen LogP contribution in [0.3, 0.4) is 0 Å². The molecule has 0 fully saturated rings. The Morgan fingerprint density at radius 3 is 3.12 bits per heavy atom. The molecule has 9 heteroatoms. The summed E-state index contributed by atoms with van der Waals surface area (Å²) in [7, 11) is 0. The van der Waals surface area contributed by atoms with E-state index in [0.29, 0.717) is 23.4 Å². The number of hydrogen-bond donors (Lipinski definition) is 1. The predicted molar refractivity (Wildman–Crippen MR) is 56.5 cm³/mol. The Bertz CT molecular complexity index is 523. The quantitative estimate of drug-likeness (QED) is 0.755. The highest BCUT2D eigenvalue weighted by Crippen LogP contribution is 2.15. The van der Waals surface area contributed by atoms with Crippen LogP contribution in [0.5, 0.6) is 0 Å². The number of carboxylic acids is 1.